The fourth-order valence-corrected chi connectivity index (χ4v) is 0.657. The zero-order chi connectivity index (χ0) is 12.8. The molecule has 92 valence electrons. The highest BCUT2D eigenvalue weighted by Gasteiger charge is 2.42. The van der Waals surface area contributed by atoms with Crippen molar-refractivity contribution in [2.24, 2.45) is 5.73 Å². The summed E-state index contributed by atoms with van der Waals surface area (Å²) >= 11 is 0. The van der Waals surface area contributed by atoms with Gasteiger partial charge in [0.05, 0.1) is 0 Å². The van der Waals surface area contributed by atoms with Crippen LogP contribution in [0.2, 0.25) is 0 Å². The van der Waals surface area contributed by atoms with Crippen molar-refractivity contribution in [3.63, 3.8) is 0 Å². The van der Waals surface area contributed by atoms with Gasteiger partial charge in [0.2, 0.25) is 0 Å². The van der Waals surface area contributed by atoms with E-state index in [-0.39, 0.29) is 13.0 Å². The highest BCUT2D eigenvalue weighted by molar-refractivity contribution is 5.88. The Balaban J connectivity index is 3.76. The number of carbonyl (C=O) groups is 3. The highest BCUT2D eigenvalue weighted by Crippen LogP contribution is 2.16. The lowest BCUT2D eigenvalue weighted by Gasteiger charge is -2.05. The van der Waals surface area contributed by atoms with Crippen LogP contribution < -0.4 is 11.1 Å². The Kier molecular flexibility index (Phi) is 5.26. The first-order chi connectivity index (χ1) is 7.23. The van der Waals surface area contributed by atoms with E-state index < -0.39 is 30.6 Å². The van der Waals surface area contributed by atoms with Crippen LogP contribution in [0.4, 0.5) is 18.0 Å². The summed E-state index contributed by atoms with van der Waals surface area (Å²) in [5.41, 5.74) is 4.68. The van der Waals surface area contributed by atoms with Gasteiger partial charge in [0.1, 0.15) is 0 Å². The molecule has 0 aromatic carbocycles. The lowest BCUT2D eigenvalue weighted by Crippen LogP contribution is -2.31. The van der Waals surface area contributed by atoms with Crippen LogP contribution in [0, 0.1) is 0 Å². The third-order valence-corrected chi connectivity index (χ3v) is 1.29. The maximum Gasteiger partial charge on any atom is 0.491 e. The molecular formula is C7H9F3N2O4. The van der Waals surface area contributed by atoms with E-state index in [0.717, 1.165) is 0 Å². The predicted molar refractivity (Wildman–Crippen MR) is 44.0 cm³/mol. The molecule has 0 saturated carbocycles. The molecule has 0 aliphatic heterocycles. The molecule has 0 aliphatic carbocycles. The molecule has 0 fully saturated rings. The summed E-state index contributed by atoms with van der Waals surface area (Å²) < 4.78 is 38.3. The minimum Gasteiger partial charge on any atom is -0.386 e. The minimum absolute atomic E-state index is 0.00460. The zero-order valence-electron chi connectivity index (χ0n) is 7.97. The maximum absolute atomic E-state index is 11.6. The van der Waals surface area contributed by atoms with Gasteiger partial charge in [0.15, 0.2) is 0 Å². The molecule has 9 heteroatoms. The molecule has 0 bridgehead atoms. The van der Waals surface area contributed by atoms with Gasteiger partial charge in [-0.3, -0.25) is 4.79 Å². The molecule has 0 radical (unpaired) electrons. The van der Waals surface area contributed by atoms with Gasteiger partial charge in [-0.05, 0) is 6.42 Å². The molecule has 6 nitrogen and oxygen atoms in total. The van der Waals surface area contributed by atoms with E-state index in [9.17, 15) is 27.6 Å². The van der Waals surface area contributed by atoms with Crippen LogP contribution in [0.3, 0.4) is 0 Å². The van der Waals surface area contributed by atoms with Gasteiger partial charge in [-0.2, -0.15) is 13.2 Å². The van der Waals surface area contributed by atoms with E-state index >= 15 is 0 Å². The van der Waals surface area contributed by atoms with Gasteiger partial charge in [0.25, 0.3) is 0 Å². The quantitative estimate of drug-likeness (QED) is 0.414. The van der Waals surface area contributed by atoms with E-state index in [1.165, 1.54) is 0 Å². The van der Waals surface area contributed by atoms with Gasteiger partial charge in [-0.25, -0.2) is 9.59 Å². The van der Waals surface area contributed by atoms with Gasteiger partial charge < -0.3 is 15.8 Å². The van der Waals surface area contributed by atoms with E-state index in [0.29, 0.717) is 0 Å². The van der Waals surface area contributed by atoms with Gasteiger partial charge in [0, 0.05) is 13.0 Å². The first kappa shape index (κ1) is 14.2. The molecule has 0 rings (SSSR count). The van der Waals surface area contributed by atoms with Crippen molar-refractivity contribution in [1.82, 2.24) is 5.32 Å². The van der Waals surface area contributed by atoms with Gasteiger partial charge >= 0.3 is 24.1 Å². The lowest BCUT2D eigenvalue weighted by molar-refractivity contribution is -0.201. The number of hydrogen-bond acceptors (Lipinski definition) is 4. The summed E-state index contributed by atoms with van der Waals surface area (Å²) in [7, 11) is 0. The molecule has 0 spiro atoms. The minimum atomic E-state index is -5.19. The number of halogens is 3. The Hall–Kier alpha value is -1.80. The molecule has 0 saturated heterocycles. The summed E-state index contributed by atoms with van der Waals surface area (Å²) in [6.45, 7) is 0.00460. The second-order valence-electron chi connectivity index (χ2n) is 2.65. The summed E-state index contributed by atoms with van der Waals surface area (Å²) in [4.78, 5) is 31.0. The number of urea groups is 1. The van der Waals surface area contributed by atoms with Crippen molar-refractivity contribution < 1.29 is 32.3 Å². The number of alkyl halides is 3. The monoisotopic (exact) mass is 242 g/mol. The molecule has 0 aromatic heterocycles. The number of nitrogens with one attached hydrogen (secondary N) is 1. The largest absolute Gasteiger partial charge is 0.491 e. The topological polar surface area (TPSA) is 98.5 Å². The van der Waals surface area contributed by atoms with Crippen molar-refractivity contribution in [1.29, 1.82) is 0 Å². The second-order valence-corrected chi connectivity index (χ2v) is 2.65. The van der Waals surface area contributed by atoms with E-state index in [1.807, 2.05) is 0 Å². The number of rotatable bonds is 4. The highest BCUT2D eigenvalue weighted by atomic mass is 19.4. The molecule has 0 aromatic rings. The number of nitrogens with two attached hydrogens (primary N) is 1. The van der Waals surface area contributed by atoms with Gasteiger partial charge in [-0.1, -0.05) is 0 Å². The Bertz CT molecular complexity index is 290. The molecule has 2 amide bonds. The standard InChI is InChI=1S/C7H9F3N2O4/c8-7(9,10)5(14)16-4(13)2-1-3-12-6(11)15/h1-3H2,(H3,11,12,15). The van der Waals surface area contributed by atoms with Crippen LogP contribution in [0.15, 0.2) is 0 Å². The smallest absolute Gasteiger partial charge is 0.386 e. The number of ether oxygens (including phenoxy) is 1. The SMILES string of the molecule is NC(=O)NCCCC(=O)OC(=O)C(F)(F)F. The van der Waals surface area contributed by atoms with Gasteiger partial charge in [-0.15, -0.1) is 0 Å². The van der Waals surface area contributed by atoms with Crippen LogP contribution in [0.5, 0.6) is 0 Å². The van der Waals surface area contributed by atoms with Crippen molar-refractivity contribution in [3.05, 3.63) is 0 Å². The fraction of sp³-hybridized carbons (Fsp3) is 0.571. The first-order valence-electron chi connectivity index (χ1n) is 4.08. The van der Waals surface area contributed by atoms with Crippen molar-refractivity contribution >= 4 is 18.0 Å². The Morgan fingerprint density at radius 2 is 1.81 bits per heavy atom. The molecule has 0 unspecified atom stereocenters. The number of esters is 2. The molecule has 0 aliphatic rings. The number of carbonyl (C=O) groups excluding carboxylic acids is 3. The summed E-state index contributed by atoms with van der Waals surface area (Å²) in [5.74, 6) is -3.87. The number of hydrogen-bond donors (Lipinski definition) is 2. The summed E-state index contributed by atoms with van der Waals surface area (Å²) in [6.07, 6.45) is -5.60. The molecule has 0 heterocycles. The van der Waals surface area contributed by atoms with E-state index in [1.54, 1.807) is 0 Å². The maximum atomic E-state index is 11.6. The average molecular weight is 242 g/mol. The normalized spacial score (nSPS) is 10.7. The van der Waals surface area contributed by atoms with E-state index in [4.69, 9.17) is 0 Å². The van der Waals surface area contributed by atoms with E-state index in [2.05, 4.69) is 15.8 Å². The van der Waals surface area contributed by atoms with Crippen LogP contribution >= 0.6 is 0 Å². The number of primary amides is 1. The van der Waals surface area contributed by atoms with Crippen LogP contribution in [-0.4, -0.2) is 30.7 Å². The average Bonchev–Trinajstić information content (AvgIpc) is 2.10. The third-order valence-electron chi connectivity index (χ3n) is 1.29. The van der Waals surface area contributed by atoms with Crippen molar-refractivity contribution in [2.45, 2.75) is 19.0 Å². The zero-order valence-corrected chi connectivity index (χ0v) is 7.97. The van der Waals surface area contributed by atoms with Crippen LogP contribution in [0.25, 0.3) is 0 Å². The molecule has 0 atom stereocenters. The van der Waals surface area contributed by atoms with Crippen LogP contribution in [-0.2, 0) is 14.3 Å². The molecular weight excluding hydrogens is 233 g/mol. The summed E-state index contributed by atoms with van der Waals surface area (Å²) in [6, 6.07) is -0.820. The lowest BCUT2D eigenvalue weighted by atomic mass is 10.3. The molecule has 3 N–H and O–H groups in total. The third kappa shape index (κ3) is 6.62. The first-order valence-corrected chi connectivity index (χ1v) is 4.08. The van der Waals surface area contributed by atoms with Crippen molar-refractivity contribution in [3.8, 4) is 0 Å². The summed E-state index contributed by atoms with van der Waals surface area (Å²) in [5, 5.41) is 2.11. The Morgan fingerprint density at radius 3 is 2.25 bits per heavy atom. The Labute approximate surface area is 87.9 Å². The van der Waals surface area contributed by atoms with Crippen molar-refractivity contribution in [2.75, 3.05) is 6.54 Å². The predicted octanol–water partition coefficient (Wildman–Crippen LogP) is 0.0670. The second kappa shape index (κ2) is 5.93. The Morgan fingerprint density at radius 1 is 1.25 bits per heavy atom. The fourth-order valence-electron chi connectivity index (χ4n) is 0.657. The van der Waals surface area contributed by atoms with Crippen LogP contribution in [0.1, 0.15) is 12.8 Å². The number of amides is 2. The molecule has 16 heavy (non-hydrogen) atoms.